The predicted molar refractivity (Wildman–Crippen MR) is 46.3 cm³/mol. The van der Waals surface area contributed by atoms with Gasteiger partial charge in [0.05, 0.1) is 5.56 Å². The van der Waals surface area contributed by atoms with E-state index in [-0.39, 0.29) is 5.69 Å². The van der Waals surface area contributed by atoms with Crippen molar-refractivity contribution >= 4 is 11.7 Å². The number of halogens is 3. The Morgan fingerprint density at radius 3 is 2.47 bits per heavy atom. The Kier molecular flexibility index (Phi) is 2.74. The van der Waals surface area contributed by atoms with Crippen molar-refractivity contribution in [1.29, 1.82) is 0 Å². The first-order valence-electron chi connectivity index (χ1n) is 3.77. The number of nitrogens with one attached hydrogen (secondary N) is 1. The molecule has 0 aliphatic rings. The molecule has 0 saturated heterocycles. The topological polar surface area (TPSA) is 75.4 Å². The summed E-state index contributed by atoms with van der Waals surface area (Å²) in [5, 5.41) is 10.9. The Balaban J connectivity index is 3.11. The van der Waals surface area contributed by atoms with Gasteiger partial charge in [-0.1, -0.05) is 0 Å². The molecule has 7 heteroatoms. The zero-order chi connectivity index (χ0) is 11.6. The van der Waals surface area contributed by atoms with Gasteiger partial charge < -0.3 is 16.2 Å². The van der Waals surface area contributed by atoms with Gasteiger partial charge in [0.15, 0.2) is 0 Å². The Hall–Kier alpha value is -1.92. The van der Waals surface area contributed by atoms with E-state index in [1.807, 2.05) is 5.32 Å². The van der Waals surface area contributed by atoms with Crippen molar-refractivity contribution in [2.24, 2.45) is 5.73 Å². The summed E-state index contributed by atoms with van der Waals surface area (Å²) in [7, 11) is 0. The van der Waals surface area contributed by atoms with E-state index in [0.717, 1.165) is 12.1 Å². The molecule has 0 radical (unpaired) electrons. The lowest BCUT2D eigenvalue weighted by molar-refractivity contribution is -0.138. The van der Waals surface area contributed by atoms with Crippen molar-refractivity contribution in [3.05, 3.63) is 23.8 Å². The van der Waals surface area contributed by atoms with E-state index >= 15 is 0 Å². The zero-order valence-corrected chi connectivity index (χ0v) is 7.30. The molecule has 0 saturated carbocycles. The van der Waals surface area contributed by atoms with Crippen LogP contribution in [0.4, 0.5) is 23.7 Å². The van der Waals surface area contributed by atoms with Gasteiger partial charge in [-0.05, 0) is 18.2 Å². The van der Waals surface area contributed by atoms with Crippen LogP contribution in [0, 0.1) is 0 Å². The van der Waals surface area contributed by atoms with E-state index in [0.29, 0.717) is 6.07 Å². The molecular weight excluding hydrogens is 213 g/mol. The van der Waals surface area contributed by atoms with E-state index in [2.05, 4.69) is 0 Å². The first-order valence-corrected chi connectivity index (χ1v) is 3.77. The average Bonchev–Trinajstić information content (AvgIpc) is 2.05. The molecule has 1 aromatic carbocycles. The summed E-state index contributed by atoms with van der Waals surface area (Å²) in [6.07, 6.45) is -4.68. The van der Waals surface area contributed by atoms with Crippen LogP contribution in [-0.4, -0.2) is 11.1 Å². The van der Waals surface area contributed by atoms with Crippen LogP contribution in [0.2, 0.25) is 0 Å². The molecule has 0 unspecified atom stereocenters. The number of nitrogens with two attached hydrogens (primary N) is 1. The number of carbonyl (C=O) groups is 1. The number of hydrogen-bond donors (Lipinski definition) is 3. The zero-order valence-electron chi connectivity index (χ0n) is 7.30. The number of phenolic OH excluding ortho intramolecular Hbond substituents is 1. The fourth-order valence-corrected chi connectivity index (χ4v) is 0.983. The van der Waals surface area contributed by atoms with Crippen LogP contribution in [0.3, 0.4) is 0 Å². The third kappa shape index (κ3) is 2.76. The minimum Gasteiger partial charge on any atom is -0.507 e. The van der Waals surface area contributed by atoms with E-state index < -0.39 is 23.5 Å². The molecule has 0 spiro atoms. The van der Waals surface area contributed by atoms with E-state index in [1.165, 1.54) is 0 Å². The summed E-state index contributed by atoms with van der Waals surface area (Å²) < 4.78 is 36.8. The maximum absolute atomic E-state index is 12.3. The fraction of sp³-hybridized carbons (Fsp3) is 0.125. The standard InChI is InChI=1S/C8H7F3N2O2/c9-8(10,11)5-3-4(13-7(12)15)1-2-6(5)14/h1-3,14H,(H3,12,13,15). The monoisotopic (exact) mass is 220 g/mol. The molecule has 0 bridgehead atoms. The predicted octanol–water partition coefficient (Wildman–Crippen LogP) is 1.90. The van der Waals surface area contributed by atoms with Crippen LogP contribution in [0.5, 0.6) is 5.75 Å². The second-order valence-corrected chi connectivity index (χ2v) is 2.72. The third-order valence-electron chi connectivity index (χ3n) is 1.57. The first kappa shape index (κ1) is 11.2. The Bertz CT molecular complexity index is 390. The number of hydrogen-bond acceptors (Lipinski definition) is 2. The second kappa shape index (κ2) is 3.68. The summed E-state index contributed by atoms with van der Waals surface area (Å²) in [5.74, 6) is -0.905. The molecule has 0 atom stereocenters. The summed E-state index contributed by atoms with van der Waals surface area (Å²) in [6, 6.07) is 1.55. The van der Waals surface area contributed by atoms with Crippen molar-refractivity contribution in [3.8, 4) is 5.75 Å². The van der Waals surface area contributed by atoms with E-state index in [4.69, 9.17) is 10.8 Å². The molecule has 1 aromatic rings. The first-order chi connectivity index (χ1) is 6.80. The minimum absolute atomic E-state index is 0.132. The smallest absolute Gasteiger partial charge is 0.420 e. The maximum Gasteiger partial charge on any atom is 0.420 e. The van der Waals surface area contributed by atoms with Gasteiger partial charge in [-0.15, -0.1) is 0 Å². The minimum atomic E-state index is -4.68. The molecule has 0 aromatic heterocycles. The number of anilines is 1. The Morgan fingerprint density at radius 1 is 1.40 bits per heavy atom. The van der Waals surface area contributed by atoms with Crippen LogP contribution in [0.1, 0.15) is 5.56 Å². The molecule has 0 aliphatic heterocycles. The highest BCUT2D eigenvalue weighted by molar-refractivity contribution is 5.88. The SMILES string of the molecule is NC(=O)Nc1ccc(O)c(C(F)(F)F)c1. The third-order valence-corrected chi connectivity index (χ3v) is 1.57. The second-order valence-electron chi connectivity index (χ2n) is 2.72. The van der Waals surface area contributed by atoms with Crippen LogP contribution in [0.15, 0.2) is 18.2 Å². The van der Waals surface area contributed by atoms with Crippen molar-refractivity contribution in [1.82, 2.24) is 0 Å². The van der Waals surface area contributed by atoms with Gasteiger partial charge in [0.25, 0.3) is 0 Å². The number of urea groups is 1. The van der Waals surface area contributed by atoms with Crippen molar-refractivity contribution in [3.63, 3.8) is 0 Å². The number of amides is 2. The Labute approximate surface area is 82.5 Å². The summed E-state index contributed by atoms with van der Waals surface area (Å²) >= 11 is 0. The van der Waals surface area contributed by atoms with Gasteiger partial charge >= 0.3 is 12.2 Å². The molecule has 0 heterocycles. The number of alkyl halides is 3. The Morgan fingerprint density at radius 2 is 2.00 bits per heavy atom. The number of aromatic hydroxyl groups is 1. The van der Waals surface area contributed by atoms with E-state index in [1.54, 1.807) is 0 Å². The molecular formula is C8H7F3N2O2. The fourth-order valence-electron chi connectivity index (χ4n) is 0.983. The van der Waals surface area contributed by atoms with Gasteiger partial charge in [-0.25, -0.2) is 4.79 Å². The highest BCUT2D eigenvalue weighted by Gasteiger charge is 2.34. The molecule has 2 amide bonds. The van der Waals surface area contributed by atoms with Crippen LogP contribution in [-0.2, 0) is 6.18 Å². The van der Waals surface area contributed by atoms with E-state index in [9.17, 15) is 18.0 Å². The summed E-state index contributed by atoms with van der Waals surface area (Å²) in [6.45, 7) is 0. The van der Waals surface area contributed by atoms with Crippen LogP contribution >= 0.6 is 0 Å². The molecule has 1 rings (SSSR count). The van der Waals surface area contributed by atoms with Crippen LogP contribution in [0.25, 0.3) is 0 Å². The van der Waals surface area contributed by atoms with Gasteiger partial charge in [0.2, 0.25) is 0 Å². The highest BCUT2D eigenvalue weighted by atomic mass is 19.4. The van der Waals surface area contributed by atoms with Crippen LogP contribution < -0.4 is 11.1 Å². The molecule has 4 N–H and O–H groups in total. The number of phenols is 1. The van der Waals surface area contributed by atoms with Gasteiger partial charge in [0, 0.05) is 5.69 Å². The van der Waals surface area contributed by atoms with Gasteiger partial charge in [-0.2, -0.15) is 13.2 Å². The number of carbonyl (C=O) groups excluding carboxylic acids is 1. The maximum atomic E-state index is 12.3. The van der Waals surface area contributed by atoms with Gasteiger partial charge in [0.1, 0.15) is 5.75 Å². The average molecular weight is 220 g/mol. The number of benzene rings is 1. The summed E-state index contributed by atoms with van der Waals surface area (Å²) in [5.41, 5.74) is 3.37. The quantitative estimate of drug-likeness (QED) is 0.632. The van der Waals surface area contributed by atoms with Gasteiger partial charge in [-0.3, -0.25) is 0 Å². The lowest BCUT2D eigenvalue weighted by Gasteiger charge is -2.10. The van der Waals surface area contributed by atoms with Crippen molar-refractivity contribution in [2.45, 2.75) is 6.18 Å². The number of primary amides is 1. The largest absolute Gasteiger partial charge is 0.507 e. The molecule has 82 valence electrons. The normalized spacial score (nSPS) is 11.1. The molecule has 4 nitrogen and oxygen atoms in total. The lowest BCUT2D eigenvalue weighted by Crippen LogP contribution is -2.19. The van der Waals surface area contributed by atoms with Crippen molar-refractivity contribution in [2.75, 3.05) is 5.32 Å². The van der Waals surface area contributed by atoms with Crippen molar-refractivity contribution < 1.29 is 23.1 Å². The highest BCUT2D eigenvalue weighted by Crippen LogP contribution is 2.36. The lowest BCUT2D eigenvalue weighted by atomic mass is 10.1. The number of rotatable bonds is 1. The molecule has 15 heavy (non-hydrogen) atoms. The molecule has 0 aliphatic carbocycles. The summed E-state index contributed by atoms with van der Waals surface area (Å²) in [4.78, 5) is 10.4. The molecule has 0 fully saturated rings.